The Morgan fingerprint density at radius 3 is 2.86 bits per heavy atom. The number of carbonyl (C=O) groups is 1. The SMILES string of the molecule is CN(C)CC[C@H]1NCCC[C@@H]1C(N)=O. The lowest BCUT2D eigenvalue weighted by Gasteiger charge is -2.31. The zero-order valence-electron chi connectivity index (χ0n) is 9.12. The largest absolute Gasteiger partial charge is 0.369 e. The molecule has 1 rings (SSSR count). The van der Waals surface area contributed by atoms with E-state index in [4.69, 9.17) is 5.73 Å². The van der Waals surface area contributed by atoms with Crippen LogP contribution in [0.5, 0.6) is 0 Å². The number of piperidine rings is 1. The first kappa shape index (κ1) is 11.5. The Morgan fingerprint density at radius 1 is 1.57 bits per heavy atom. The van der Waals surface area contributed by atoms with Gasteiger partial charge in [0.15, 0.2) is 0 Å². The molecule has 1 aliphatic heterocycles. The summed E-state index contributed by atoms with van der Waals surface area (Å²) in [6.45, 7) is 2.02. The molecule has 2 atom stereocenters. The highest BCUT2D eigenvalue weighted by Gasteiger charge is 2.28. The molecule has 1 aliphatic rings. The molecular weight excluding hydrogens is 178 g/mol. The summed E-state index contributed by atoms with van der Waals surface area (Å²) in [7, 11) is 4.09. The summed E-state index contributed by atoms with van der Waals surface area (Å²) in [4.78, 5) is 13.3. The Labute approximate surface area is 85.8 Å². The molecule has 3 N–H and O–H groups in total. The first-order valence-electron chi connectivity index (χ1n) is 5.28. The van der Waals surface area contributed by atoms with Gasteiger partial charge >= 0.3 is 0 Å². The maximum Gasteiger partial charge on any atom is 0.222 e. The Morgan fingerprint density at radius 2 is 2.29 bits per heavy atom. The topological polar surface area (TPSA) is 58.4 Å². The minimum atomic E-state index is -0.152. The van der Waals surface area contributed by atoms with E-state index < -0.39 is 0 Å². The molecule has 0 radical (unpaired) electrons. The number of rotatable bonds is 4. The van der Waals surface area contributed by atoms with E-state index in [0.717, 1.165) is 32.4 Å². The minimum absolute atomic E-state index is 0.0312. The van der Waals surface area contributed by atoms with Gasteiger partial charge in [-0.05, 0) is 46.4 Å². The maximum atomic E-state index is 11.2. The minimum Gasteiger partial charge on any atom is -0.369 e. The van der Waals surface area contributed by atoms with Crippen LogP contribution >= 0.6 is 0 Å². The van der Waals surface area contributed by atoms with E-state index in [2.05, 4.69) is 10.2 Å². The molecule has 0 bridgehead atoms. The quantitative estimate of drug-likeness (QED) is 0.659. The van der Waals surface area contributed by atoms with Gasteiger partial charge in [-0.15, -0.1) is 0 Å². The Hall–Kier alpha value is -0.610. The lowest BCUT2D eigenvalue weighted by atomic mass is 9.88. The highest BCUT2D eigenvalue weighted by molar-refractivity contribution is 5.77. The number of nitrogens with one attached hydrogen (secondary N) is 1. The van der Waals surface area contributed by atoms with Gasteiger partial charge < -0.3 is 16.0 Å². The summed E-state index contributed by atoms with van der Waals surface area (Å²) < 4.78 is 0. The van der Waals surface area contributed by atoms with Crippen molar-refractivity contribution in [3.05, 3.63) is 0 Å². The lowest BCUT2D eigenvalue weighted by Crippen LogP contribution is -2.48. The smallest absolute Gasteiger partial charge is 0.222 e. The molecule has 0 spiro atoms. The summed E-state index contributed by atoms with van der Waals surface area (Å²) >= 11 is 0. The maximum absolute atomic E-state index is 11.2. The molecule has 1 saturated heterocycles. The van der Waals surface area contributed by atoms with Gasteiger partial charge in [0, 0.05) is 6.04 Å². The number of hydrogen-bond acceptors (Lipinski definition) is 3. The average Bonchev–Trinajstić information content (AvgIpc) is 2.15. The Balaban J connectivity index is 2.42. The molecular formula is C10H21N3O. The Kier molecular flexibility index (Phi) is 4.35. The summed E-state index contributed by atoms with van der Waals surface area (Å²) in [5, 5.41) is 3.38. The Bertz CT molecular complexity index is 194. The normalized spacial score (nSPS) is 27.9. The van der Waals surface area contributed by atoms with Crippen LogP contribution in [0.3, 0.4) is 0 Å². The van der Waals surface area contributed by atoms with E-state index in [9.17, 15) is 4.79 Å². The van der Waals surface area contributed by atoms with Crippen molar-refractivity contribution >= 4 is 5.91 Å². The van der Waals surface area contributed by atoms with E-state index in [0.29, 0.717) is 0 Å². The number of amides is 1. The molecule has 0 unspecified atom stereocenters. The molecule has 0 aromatic rings. The van der Waals surface area contributed by atoms with Crippen LogP contribution in [0, 0.1) is 5.92 Å². The molecule has 1 heterocycles. The molecule has 1 amide bonds. The van der Waals surface area contributed by atoms with Gasteiger partial charge in [-0.1, -0.05) is 0 Å². The molecule has 0 aliphatic carbocycles. The fraction of sp³-hybridized carbons (Fsp3) is 0.900. The molecule has 0 aromatic heterocycles. The first-order chi connectivity index (χ1) is 6.61. The third kappa shape index (κ3) is 3.27. The van der Waals surface area contributed by atoms with Crippen LogP contribution in [0.25, 0.3) is 0 Å². The third-order valence-corrected chi connectivity index (χ3v) is 2.84. The van der Waals surface area contributed by atoms with Crippen LogP contribution in [0.1, 0.15) is 19.3 Å². The van der Waals surface area contributed by atoms with Gasteiger partial charge in [0.05, 0.1) is 5.92 Å². The fourth-order valence-electron chi connectivity index (χ4n) is 1.99. The van der Waals surface area contributed by atoms with Crippen molar-refractivity contribution in [2.24, 2.45) is 11.7 Å². The molecule has 4 heteroatoms. The van der Waals surface area contributed by atoms with Crippen LogP contribution in [0.15, 0.2) is 0 Å². The monoisotopic (exact) mass is 199 g/mol. The van der Waals surface area contributed by atoms with Crippen LogP contribution in [-0.2, 0) is 4.79 Å². The molecule has 1 fully saturated rings. The average molecular weight is 199 g/mol. The van der Waals surface area contributed by atoms with Gasteiger partial charge in [0.2, 0.25) is 5.91 Å². The highest BCUT2D eigenvalue weighted by atomic mass is 16.1. The van der Waals surface area contributed by atoms with Gasteiger partial charge in [-0.25, -0.2) is 0 Å². The van der Waals surface area contributed by atoms with E-state index in [1.807, 2.05) is 14.1 Å². The van der Waals surface area contributed by atoms with E-state index in [-0.39, 0.29) is 17.9 Å². The van der Waals surface area contributed by atoms with Crippen LogP contribution < -0.4 is 11.1 Å². The van der Waals surface area contributed by atoms with E-state index in [1.165, 1.54) is 0 Å². The van der Waals surface area contributed by atoms with Crippen molar-refractivity contribution in [3.63, 3.8) is 0 Å². The first-order valence-corrected chi connectivity index (χ1v) is 5.28. The molecule has 4 nitrogen and oxygen atoms in total. The highest BCUT2D eigenvalue weighted by Crippen LogP contribution is 2.18. The fourth-order valence-corrected chi connectivity index (χ4v) is 1.99. The van der Waals surface area contributed by atoms with Crippen molar-refractivity contribution in [1.29, 1.82) is 0 Å². The standard InChI is InChI=1S/C10H21N3O/c1-13(2)7-5-9-8(10(11)14)4-3-6-12-9/h8-9,12H,3-7H2,1-2H3,(H2,11,14)/t8-,9+/m0/s1. The van der Waals surface area contributed by atoms with Gasteiger partial charge in [0.25, 0.3) is 0 Å². The summed E-state index contributed by atoms with van der Waals surface area (Å²) in [5.41, 5.74) is 5.37. The molecule has 14 heavy (non-hydrogen) atoms. The van der Waals surface area contributed by atoms with Crippen molar-refractivity contribution in [3.8, 4) is 0 Å². The number of nitrogens with two attached hydrogens (primary N) is 1. The molecule has 82 valence electrons. The third-order valence-electron chi connectivity index (χ3n) is 2.84. The van der Waals surface area contributed by atoms with E-state index in [1.54, 1.807) is 0 Å². The number of hydrogen-bond donors (Lipinski definition) is 2. The number of carbonyl (C=O) groups excluding carboxylic acids is 1. The van der Waals surface area contributed by atoms with Crippen molar-refractivity contribution < 1.29 is 4.79 Å². The lowest BCUT2D eigenvalue weighted by molar-refractivity contribution is -0.123. The van der Waals surface area contributed by atoms with Crippen molar-refractivity contribution in [1.82, 2.24) is 10.2 Å². The van der Waals surface area contributed by atoms with Gasteiger partial charge in [-0.2, -0.15) is 0 Å². The van der Waals surface area contributed by atoms with Crippen LogP contribution in [-0.4, -0.2) is 44.0 Å². The van der Waals surface area contributed by atoms with Gasteiger partial charge in [0.1, 0.15) is 0 Å². The summed E-state index contributed by atoms with van der Waals surface area (Å²) in [6, 6.07) is 0.281. The van der Waals surface area contributed by atoms with Crippen LogP contribution in [0.4, 0.5) is 0 Å². The predicted molar refractivity (Wildman–Crippen MR) is 56.9 cm³/mol. The summed E-state index contributed by atoms with van der Waals surface area (Å²) in [6.07, 6.45) is 3.01. The molecule has 0 aromatic carbocycles. The second kappa shape index (κ2) is 5.32. The van der Waals surface area contributed by atoms with Gasteiger partial charge in [-0.3, -0.25) is 4.79 Å². The molecule has 0 saturated carbocycles. The van der Waals surface area contributed by atoms with Crippen LogP contribution in [0.2, 0.25) is 0 Å². The van der Waals surface area contributed by atoms with Crippen molar-refractivity contribution in [2.45, 2.75) is 25.3 Å². The zero-order valence-corrected chi connectivity index (χ0v) is 9.12. The number of nitrogens with zero attached hydrogens (tertiary/aromatic N) is 1. The predicted octanol–water partition coefficient (Wildman–Crippen LogP) is -0.208. The summed E-state index contributed by atoms with van der Waals surface area (Å²) in [5.74, 6) is -0.121. The zero-order chi connectivity index (χ0) is 10.6. The van der Waals surface area contributed by atoms with E-state index >= 15 is 0 Å². The van der Waals surface area contributed by atoms with Crippen molar-refractivity contribution in [2.75, 3.05) is 27.2 Å². The second-order valence-corrected chi connectivity index (χ2v) is 4.30. The second-order valence-electron chi connectivity index (χ2n) is 4.30. The number of primary amides is 1.